The molecule has 1 saturated carbocycles. The van der Waals surface area contributed by atoms with Crippen molar-refractivity contribution in [3.63, 3.8) is 0 Å². The third-order valence-electron chi connectivity index (χ3n) is 8.02. The number of carbonyl (C=O) groups is 2. The van der Waals surface area contributed by atoms with Crippen LogP contribution in [0.5, 0.6) is 11.5 Å². The zero-order chi connectivity index (χ0) is 32.7. The number of nitrogens with zero attached hydrogens (tertiary/aromatic N) is 2. The average molecular weight is 677 g/mol. The number of ether oxygens (including phenoxy) is 2. The van der Waals surface area contributed by atoms with Gasteiger partial charge in [0.2, 0.25) is 11.8 Å². The highest BCUT2D eigenvalue weighted by Crippen LogP contribution is 2.33. The molecule has 242 valence electrons. The summed E-state index contributed by atoms with van der Waals surface area (Å²) in [6.07, 6.45) is 4.09. The van der Waals surface area contributed by atoms with E-state index in [1.54, 1.807) is 42.5 Å². The molecule has 0 unspecified atom stereocenters. The maximum Gasteiger partial charge on any atom is 0.264 e. The molecule has 1 aliphatic carbocycles. The molecule has 12 heteroatoms. The first-order chi connectivity index (χ1) is 21.5. The highest BCUT2D eigenvalue weighted by Gasteiger charge is 2.35. The Balaban J connectivity index is 1.77. The lowest BCUT2D eigenvalue weighted by molar-refractivity contribution is -0.140. The molecule has 1 atom stereocenters. The number of nitrogens with one attached hydrogen (secondary N) is 1. The Bertz CT molecular complexity index is 1590. The van der Waals surface area contributed by atoms with Crippen LogP contribution in [0, 0.1) is 6.92 Å². The van der Waals surface area contributed by atoms with E-state index < -0.39 is 28.5 Å². The molecule has 0 spiro atoms. The summed E-state index contributed by atoms with van der Waals surface area (Å²) in [6.45, 7) is 3.01. The first kappa shape index (κ1) is 34.4. The quantitative estimate of drug-likeness (QED) is 0.225. The number of aryl methyl sites for hydroxylation is 1. The number of anilines is 1. The van der Waals surface area contributed by atoms with Crippen molar-refractivity contribution in [2.24, 2.45) is 0 Å². The van der Waals surface area contributed by atoms with Crippen LogP contribution in [0.1, 0.15) is 50.2 Å². The molecule has 0 aromatic heterocycles. The van der Waals surface area contributed by atoms with Crippen molar-refractivity contribution >= 4 is 50.7 Å². The van der Waals surface area contributed by atoms with Crippen LogP contribution >= 0.6 is 23.2 Å². The number of rotatable bonds is 13. The van der Waals surface area contributed by atoms with Crippen molar-refractivity contribution in [1.82, 2.24) is 10.2 Å². The molecule has 3 aromatic carbocycles. The molecule has 3 aromatic rings. The Hall–Kier alpha value is -3.47. The second-order valence-electron chi connectivity index (χ2n) is 11.0. The highest BCUT2D eigenvalue weighted by molar-refractivity contribution is 7.92. The summed E-state index contributed by atoms with van der Waals surface area (Å²) in [5.41, 5.74) is 1.66. The van der Waals surface area contributed by atoms with Gasteiger partial charge in [0.1, 0.15) is 12.6 Å². The molecule has 1 N–H and O–H groups in total. The van der Waals surface area contributed by atoms with Gasteiger partial charge in [-0.1, -0.05) is 66.7 Å². The smallest absolute Gasteiger partial charge is 0.264 e. The predicted octanol–water partition coefficient (Wildman–Crippen LogP) is 6.38. The lowest BCUT2D eigenvalue weighted by Crippen LogP contribution is -2.53. The minimum absolute atomic E-state index is 0.0295. The van der Waals surface area contributed by atoms with Crippen LogP contribution in [0.25, 0.3) is 0 Å². The maximum atomic E-state index is 14.4. The number of methoxy groups -OCH3 is 2. The van der Waals surface area contributed by atoms with Crippen molar-refractivity contribution in [3.05, 3.63) is 81.8 Å². The van der Waals surface area contributed by atoms with Gasteiger partial charge in [-0.3, -0.25) is 13.9 Å². The van der Waals surface area contributed by atoms with Gasteiger partial charge >= 0.3 is 0 Å². The molecule has 0 aliphatic heterocycles. The molecule has 2 amide bonds. The number of hydrogen-bond acceptors (Lipinski definition) is 6. The topological polar surface area (TPSA) is 105 Å². The van der Waals surface area contributed by atoms with E-state index in [-0.39, 0.29) is 34.8 Å². The lowest BCUT2D eigenvalue weighted by Gasteiger charge is -2.34. The SMILES string of the molecule is CC[C@@H](C(=O)NC1CCCC1)N(Cc1c(Cl)cccc1Cl)C(=O)CN(c1ccc(C)cc1)S(=O)(=O)c1ccc(OC)c(OC)c1. The van der Waals surface area contributed by atoms with E-state index in [1.807, 2.05) is 13.8 Å². The van der Waals surface area contributed by atoms with Crippen LogP contribution in [0.4, 0.5) is 5.69 Å². The van der Waals surface area contributed by atoms with Crippen molar-refractivity contribution in [3.8, 4) is 11.5 Å². The van der Waals surface area contributed by atoms with E-state index in [2.05, 4.69) is 5.32 Å². The second-order valence-corrected chi connectivity index (χ2v) is 13.7. The molecule has 1 aliphatic rings. The van der Waals surface area contributed by atoms with Gasteiger partial charge in [-0.2, -0.15) is 0 Å². The van der Waals surface area contributed by atoms with E-state index in [0.29, 0.717) is 27.8 Å². The molecular weight excluding hydrogens is 637 g/mol. The zero-order valence-electron chi connectivity index (χ0n) is 25.9. The Morgan fingerprint density at radius 3 is 2.16 bits per heavy atom. The Labute approximate surface area is 275 Å². The largest absolute Gasteiger partial charge is 0.493 e. The van der Waals surface area contributed by atoms with Crippen LogP contribution in [0.3, 0.4) is 0 Å². The van der Waals surface area contributed by atoms with Gasteiger partial charge in [0.25, 0.3) is 10.0 Å². The summed E-state index contributed by atoms with van der Waals surface area (Å²) in [7, 11) is -1.45. The zero-order valence-corrected chi connectivity index (χ0v) is 28.2. The molecule has 1 fully saturated rings. The first-order valence-corrected chi connectivity index (χ1v) is 17.0. The van der Waals surface area contributed by atoms with E-state index >= 15 is 0 Å². The normalized spacial score (nSPS) is 14.1. The molecule has 0 radical (unpaired) electrons. The highest BCUT2D eigenvalue weighted by atomic mass is 35.5. The summed E-state index contributed by atoms with van der Waals surface area (Å²) in [6, 6.07) is 15.2. The summed E-state index contributed by atoms with van der Waals surface area (Å²) in [4.78, 5) is 29.3. The minimum atomic E-state index is -4.32. The standard InChI is InChI=1S/C33H39Cl2N3O6S/c1-5-29(33(40)36-23-9-6-7-10-23)37(20-26-27(34)11-8-12-28(26)35)32(39)21-38(24-15-13-22(2)14-16-24)45(41,42)25-17-18-30(43-3)31(19-25)44-4/h8,11-19,23,29H,5-7,9-10,20-21H2,1-4H3,(H,36,40)/t29-/m0/s1. The van der Waals surface area contributed by atoms with E-state index in [0.717, 1.165) is 35.6 Å². The van der Waals surface area contributed by atoms with E-state index in [1.165, 1.54) is 37.3 Å². The first-order valence-electron chi connectivity index (χ1n) is 14.8. The fourth-order valence-electron chi connectivity index (χ4n) is 5.48. The number of benzene rings is 3. The Morgan fingerprint density at radius 1 is 0.956 bits per heavy atom. The number of sulfonamides is 1. The number of hydrogen-bond donors (Lipinski definition) is 1. The summed E-state index contributed by atoms with van der Waals surface area (Å²) >= 11 is 13.0. The van der Waals surface area contributed by atoms with Crippen LogP contribution in [-0.2, 0) is 26.2 Å². The summed E-state index contributed by atoms with van der Waals surface area (Å²) in [5, 5.41) is 3.76. The lowest BCUT2D eigenvalue weighted by atomic mass is 10.1. The molecule has 0 bridgehead atoms. The van der Waals surface area contributed by atoms with E-state index in [4.69, 9.17) is 32.7 Å². The fourth-order valence-corrected chi connectivity index (χ4v) is 7.43. The molecule has 9 nitrogen and oxygen atoms in total. The van der Waals surface area contributed by atoms with Gasteiger partial charge in [0.15, 0.2) is 11.5 Å². The molecule has 0 saturated heterocycles. The monoisotopic (exact) mass is 675 g/mol. The maximum absolute atomic E-state index is 14.4. The second kappa shape index (κ2) is 15.2. The van der Waals surface area contributed by atoms with Gasteiger partial charge in [0, 0.05) is 34.3 Å². The Kier molecular flexibility index (Phi) is 11.6. The Morgan fingerprint density at radius 2 is 1.58 bits per heavy atom. The van der Waals surface area contributed by atoms with Gasteiger partial charge in [-0.25, -0.2) is 8.42 Å². The van der Waals surface area contributed by atoms with Gasteiger partial charge in [-0.05, 0) is 62.6 Å². The van der Waals surface area contributed by atoms with Crippen molar-refractivity contribution in [1.29, 1.82) is 0 Å². The molecule has 0 heterocycles. The average Bonchev–Trinajstić information content (AvgIpc) is 3.54. The van der Waals surface area contributed by atoms with E-state index in [9.17, 15) is 18.0 Å². The number of halogens is 2. The summed E-state index contributed by atoms with van der Waals surface area (Å²) < 4.78 is 40.2. The fraction of sp³-hybridized carbons (Fsp3) is 0.394. The molecule has 4 rings (SSSR count). The van der Waals surface area contributed by atoms with Crippen molar-refractivity contribution in [2.45, 2.75) is 69.5 Å². The number of amides is 2. The summed E-state index contributed by atoms with van der Waals surface area (Å²) in [5.74, 6) is -0.316. The van der Waals surface area contributed by atoms with Crippen LogP contribution in [0.15, 0.2) is 65.6 Å². The minimum Gasteiger partial charge on any atom is -0.493 e. The molecule has 45 heavy (non-hydrogen) atoms. The molecular formula is C33H39Cl2N3O6S. The number of carbonyl (C=O) groups excluding carboxylic acids is 2. The van der Waals surface area contributed by atoms with Crippen LogP contribution in [-0.4, -0.2) is 58.0 Å². The third kappa shape index (κ3) is 8.04. The van der Waals surface area contributed by atoms with Gasteiger partial charge in [0.05, 0.1) is 24.8 Å². The van der Waals surface area contributed by atoms with Crippen molar-refractivity contribution < 1.29 is 27.5 Å². The predicted molar refractivity (Wildman–Crippen MR) is 177 cm³/mol. The van der Waals surface area contributed by atoms with Crippen LogP contribution < -0.4 is 19.1 Å². The van der Waals surface area contributed by atoms with Crippen LogP contribution in [0.2, 0.25) is 10.0 Å². The van der Waals surface area contributed by atoms with Gasteiger partial charge < -0.3 is 19.7 Å². The van der Waals surface area contributed by atoms with Gasteiger partial charge in [-0.15, -0.1) is 0 Å². The van der Waals surface area contributed by atoms with Crippen molar-refractivity contribution in [2.75, 3.05) is 25.1 Å². The third-order valence-corrected chi connectivity index (χ3v) is 10.5.